The predicted molar refractivity (Wildman–Crippen MR) is 42.0 cm³/mol. The molecule has 0 saturated carbocycles. The number of carboxylic acids is 1. The van der Waals surface area contributed by atoms with Crippen molar-refractivity contribution in [3.05, 3.63) is 11.8 Å². The first-order valence-corrected chi connectivity index (χ1v) is 3.73. The first-order valence-electron chi connectivity index (χ1n) is 3.73. The molecule has 1 unspecified atom stereocenters. The van der Waals surface area contributed by atoms with Crippen LogP contribution >= 0.6 is 0 Å². The molecule has 72 valence electrons. The first kappa shape index (κ1) is 9.57. The lowest BCUT2D eigenvalue weighted by molar-refractivity contribution is -0.166. The second-order valence-electron chi connectivity index (χ2n) is 2.96. The SMILES string of the molecule is COC(=O)C1(C(=O)O)CC=C(O)C1. The summed E-state index contributed by atoms with van der Waals surface area (Å²) in [5.41, 5.74) is -1.61. The monoisotopic (exact) mass is 186 g/mol. The van der Waals surface area contributed by atoms with Crippen LogP contribution in [-0.2, 0) is 14.3 Å². The van der Waals surface area contributed by atoms with Crippen molar-refractivity contribution in [3.8, 4) is 0 Å². The Hall–Kier alpha value is -1.52. The van der Waals surface area contributed by atoms with E-state index in [1.807, 2.05) is 0 Å². The van der Waals surface area contributed by atoms with Gasteiger partial charge in [0.2, 0.25) is 0 Å². The van der Waals surface area contributed by atoms with Crippen LogP contribution in [0.3, 0.4) is 0 Å². The Bertz CT molecular complexity index is 280. The van der Waals surface area contributed by atoms with Crippen molar-refractivity contribution in [2.24, 2.45) is 5.41 Å². The van der Waals surface area contributed by atoms with Crippen molar-refractivity contribution >= 4 is 11.9 Å². The predicted octanol–water partition coefficient (Wildman–Crippen LogP) is 0.466. The van der Waals surface area contributed by atoms with Crippen molar-refractivity contribution in [1.29, 1.82) is 0 Å². The zero-order chi connectivity index (χ0) is 10.1. The Morgan fingerprint density at radius 1 is 1.62 bits per heavy atom. The van der Waals surface area contributed by atoms with E-state index in [9.17, 15) is 9.59 Å². The van der Waals surface area contributed by atoms with E-state index in [2.05, 4.69) is 4.74 Å². The minimum Gasteiger partial charge on any atom is -0.513 e. The van der Waals surface area contributed by atoms with Gasteiger partial charge in [-0.25, -0.2) is 0 Å². The van der Waals surface area contributed by atoms with Gasteiger partial charge in [-0.05, 0) is 12.5 Å². The van der Waals surface area contributed by atoms with Crippen LogP contribution in [0.1, 0.15) is 12.8 Å². The van der Waals surface area contributed by atoms with Gasteiger partial charge in [-0.15, -0.1) is 0 Å². The smallest absolute Gasteiger partial charge is 0.324 e. The summed E-state index contributed by atoms with van der Waals surface area (Å²) < 4.78 is 4.38. The third-order valence-electron chi connectivity index (χ3n) is 2.15. The number of carboxylic acid groups (broad SMARTS) is 1. The van der Waals surface area contributed by atoms with Gasteiger partial charge in [0.05, 0.1) is 12.9 Å². The van der Waals surface area contributed by atoms with Crippen molar-refractivity contribution in [2.45, 2.75) is 12.8 Å². The standard InChI is InChI=1S/C8H10O5/c1-13-7(12)8(6(10)11)3-2-5(9)4-8/h2,9H,3-4H2,1H3,(H,10,11). The number of carbonyl (C=O) groups excluding carboxylic acids is 1. The molecule has 1 atom stereocenters. The maximum absolute atomic E-state index is 11.2. The van der Waals surface area contributed by atoms with Crippen molar-refractivity contribution in [2.75, 3.05) is 7.11 Å². The third-order valence-corrected chi connectivity index (χ3v) is 2.15. The molecule has 0 aromatic carbocycles. The number of rotatable bonds is 2. The summed E-state index contributed by atoms with van der Waals surface area (Å²) in [6.45, 7) is 0. The molecule has 0 heterocycles. The van der Waals surface area contributed by atoms with E-state index in [1.54, 1.807) is 0 Å². The van der Waals surface area contributed by atoms with Crippen LogP contribution in [0.5, 0.6) is 0 Å². The molecule has 0 aromatic rings. The Labute approximate surface area is 74.6 Å². The van der Waals surface area contributed by atoms with Crippen LogP contribution in [0.25, 0.3) is 0 Å². The van der Waals surface area contributed by atoms with Gasteiger partial charge in [0, 0.05) is 6.42 Å². The molecule has 5 heteroatoms. The molecule has 0 radical (unpaired) electrons. The zero-order valence-corrected chi connectivity index (χ0v) is 7.11. The molecule has 1 aliphatic carbocycles. The average Bonchev–Trinajstić information content (AvgIpc) is 2.47. The van der Waals surface area contributed by atoms with Crippen LogP contribution in [0.2, 0.25) is 0 Å². The lowest BCUT2D eigenvalue weighted by Gasteiger charge is -2.19. The molecule has 0 bridgehead atoms. The lowest BCUT2D eigenvalue weighted by Crippen LogP contribution is -2.38. The number of esters is 1. The van der Waals surface area contributed by atoms with Crippen LogP contribution in [0, 0.1) is 5.41 Å². The molecule has 0 amide bonds. The van der Waals surface area contributed by atoms with Crippen molar-refractivity contribution in [1.82, 2.24) is 0 Å². The van der Waals surface area contributed by atoms with Gasteiger partial charge in [0.25, 0.3) is 0 Å². The van der Waals surface area contributed by atoms with Crippen LogP contribution in [0.4, 0.5) is 0 Å². The summed E-state index contributed by atoms with van der Waals surface area (Å²) in [5.74, 6) is -2.16. The highest BCUT2D eigenvalue weighted by atomic mass is 16.5. The Morgan fingerprint density at radius 2 is 2.23 bits per heavy atom. The highest BCUT2D eigenvalue weighted by Crippen LogP contribution is 2.37. The number of carbonyl (C=O) groups is 2. The highest BCUT2D eigenvalue weighted by molar-refractivity contribution is 6.00. The summed E-state index contributed by atoms with van der Waals surface area (Å²) in [5, 5.41) is 17.9. The maximum atomic E-state index is 11.2. The number of methoxy groups -OCH3 is 1. The summed E-state index contributed by atoms with van der Waals surface area (Å²) in [4.78, 5) is 22.0. The highest BCUT2D eigenvalue weighted by Gasteiger charge is 2.50. The Kier molecular flexibility index (Phi) is 2.27. The number of allylic oxidation sites excluding steroid dienone is 2. The molecule has 1 rings (SSSR count). The van der Waals surface area contributed by atoms with Gasteiger partial charge in [0.1, 0.15) is 0 Å². The van der Waals surface area contributed by atoms with E-state index in [-0.39, 0.29) is 18.6 Å². The molecule has 0 aliphatic heterocycles. The van der Waals surface area contributed by atoms with E-state index >= 15 is 0 Å². The van der Waals surface area contributed by atoms with Gasteiger partial charge in [-0.2, -0.15) is 0 Å². The summed E-state index contributed by atoms with van der Waals surface area (Å²) in [6.07, 6.45) is 1.13. The fourth-order valence-corrected chi connectivity index (χ4v) is 1.35. The summed E-state index contributed by atoms with van der Waals surface area (Å²) in [7, 11) is 1.13. The van der Waals surface area contributed by atoms with Gasteiger partial charge in [-0.3, -0.25) is 9.59 Å². The van der Waals surface area contributed by atoms with Crippen molar-refractivity contribution < 1.29 is 24.5 Å². The largest absolute Gasteiger partial charge is 0.513 e. The summed E-state index contributed by atoms with van der Waals surface area (Å²) >= 11 is 0. The fraction of sp³-hybridized carbons (Fsp3) is 0.500. The van der Waals surface area contributed by atoms with E-state index < -0.39 is 17.4 Å². The molecule has 5 nitrogen and oxygen atoms in total. The first-order chi connectivity index (χ1) is 6.03. The molecule has 0 fully saturated rings. The third kappa shape index (κ3) is 1.37. The van der Waals surface area contributed by atoms with Gasteiger partial charge < -0.3 is 14.9 Å². The normalized spacial score (nSPS) is 26.7. The summed E-state index contributed by atoms with van der Waals surface area (Å²) in [6, 6.07) is 0. The van der Waals surface area contributed by atoms with Gasteiger partial charge in [-0.1, -0.05) is 0 Å². The van der Waals surface area contributed by atoms with E-state index in [4.69, 9.17) is 10.2 Å². The maximum Gasteiger partial charge on any atom is 0.324 e. The average molecular weight is 186 g/mol. The number of aliphatic hydroxyl groups excluding tert-OH is 1. The molecule has 0 spiro atoms. The topological polar surface area (TPSA) is 83.8 Å². The number of aliphatic carboxylic acids is 1. The molecule has 2 N–H and O–H groups in total. The Balaban J connectivity index is 2.93. The molecule has 0 saturated heterocycles. The Morgan fingerprint density at radius 3 is 2.54 bits per heavy atom. The van der Waals surface area contributed by atoms with E-state index in [1.165, 1.54) is 6.08 Å². The fourth-order valence-electron chi connectivity index (χ4n) is 1.35. The zero-order valence-electron chi connectivity index (χ0n) is 7.11. The molecular weight excluding hydrogens is 176 g/mol. The molecule has 13 heavy (non-hydrogen) atoms. The molecular formula is C8H10O5. The van der Waals surface area contributed by atoms with Gasteiger partial charge >= 0.3 is 11.9 Å². The second kappa shape index (κ2) is 3.08. The van der Waals surface area contributed by atoms with Crippen LogP contribution in [0.15, 0.2) is 11.8 Å². The number of hydrogen-bond donors (Lipinski definition) is 2. The second-order valence-corrected chi connectivity index (χ2v) is 2.96. The number of ether oxygens (including phenoxy) is 1. The van der Waals surface area contributed by atoms with E-state index in [0.717, 1.165) is 7.11 Å². The van der Waals surface area contributed by atoms with Gasteiger partial charge in [0.15, 0.2) is 5.41 Å². The van der Waals surface area contributed by atoms with Crippen molar-refractivity contribution in [3.63, 3.8) is 0 Å². The molecule has 0 aromatic heterocycles. The van der Waals surface area contributed by atoms with E-state index in [0.29, 0.717) is 0 Å². The minimum absolute atomic E-state index is 0.0131. The van der Waals surface area contributed by atoms with Crippen LogP contribution in [-0.4, -0.2) is 29.3 Å². The minimum atomic E-state index is -1.61. The number of hydrogen-bond acceptors (Lipinski definition) is 4. The molecule has 1 aliphatic rings. The van der Waals surface area contributed by atoms with Crippen LogP contribution < -0.4 is 0 Å². The quantitative estimate of drug-likeness (QED) is 0.483. The number of aliphatic hydroxyl groups is 1. The lowest BCUT2D eigenvalue weighted by atomic mass is 9.85.